The second-order valence-corrected chi connectivity index (χ2v) is 6.03. The second kappa shape index (κ2) is 8.76. The highest BCUT2D eigenvalue weighted by molar-refractivity contribution is 9.10. The third kappa shape index (κ3) is 7.83. The molecule has 0 saturated heterocycles. The van der Waals surface area contributed by atoms with E-state index >= 15 is 0 Å². The van der Waals surface area contributed by atoms with Crippen molar-refractivity contribution >= 4 is 15.9 Å². The van der Waals surface area contributed by atoms with Gasteiger partial charge in [-0.25, -0.2) is 0 Å². The van der Waals surface area contributed by atoms with Crippen LogP contribution in [0.1, 0.15) is 31.4 Å². The summed E-state index contributed by atoms with van der Waals surface area (Å²) in [6.07, 6.45) is -4.06. The monoisotopic (exact) mass is 366 g/mol. The van der Waals surface area contributed by atoms with Gasteiger partial charge in [-0.3, -0.25) is 0 Å². The predicted octanol–water partition coefficient (Wildman–Crippen LogP) is 4.37. The average molecular weight is 367 g/mol. The van der Waals surface area contributed by atoms with E-state index in [1.807, 2.05) is 31.2 Å². The molecule has 1 N–H and O–H groups in total. The molecule has 0 aliphatic carbocycles. The molecular formula is C15H22BrF3N2. The maximum atomic E-state index is 12.2. The largest absolute Gasteiger partial charge is 0.390 e. The summed E-state index contributed by atoms with van der Waals surface area (Å²) in [5.74, 6) is 0. The first-order chi connectivity index (χ1) is 9.81. The lowest BCUT2D eigenvalue weighted by molar-refractivity contribution is -0.137. The SMILES string of the molecule is CCNC(CCN(C)CCC(F)(F)F)c1ccc(Br)cc1. The fourth-order valence-corrected chi connectivity index (χ4v) is 2.37. The van der Waals surface area contributed by atoms with Crippen molar-refractivity contribution in [2.24, 2.45) is 0 Å². The van der Waals surface area contributed by atoms with Gasteiger partial charge in [0, 0.05) is 17.1 Å². The predicted molar refractivity (Wildman–Crippen MR) is 83.3 cm³/mol. The summed E-state index contributed by atoms with van der Waals surface area (Å²) in [4.78, 5) is 1.73. The molecule has 1 aromatic rings. The molecule has 0 radical (unpaired) electrons. The molecule has 0 heterocycles. The van der Waals surface area contributed by atoms with Crippen LogP contribution in [0, 0.1) is 0 Å². The molecule has 2 nitrogen and oxygen atoms in total. The Morgan fingerprint density at radius 2 is 1.81 bits per heavy atom. The van der Waals surface area contributed by atoms with Crippen LogP contribution in [0.3, 0.4) is 0 Å². The van der Waals surface area contributed by atoms with E-state index in [0.29, 0.717) is 6.54 Å². The number of nitrogens with one attached hydrogen (secondary N) is 1. The van der Waals surface area contributed by atoms with Crippen molar-refractivity contribution in [3.63, 3.8) is 0 Å². The van der Waals surface area contributed by atoms with E-state index in [1.165, 1.54) is 0 Å². The number of rotatable bonds is 8. The summed E-state index contributed by atoms with van der Waals surface area (Å²) in [5, 5.41) is 3.38. The van der Waals surface area contributed by atoms with Crippen LogP contribution in [0.5, 0.6) is 0 Å². The maximum absolute atomic E-state index is 12.2. The van der Waals surface area contributed by atoms with Crippen LogP contribution in [-0.2, 0) is 0 Å². The van der Waals surface area contributed by atoms with Crippen molar-refractivity contribution in [3.8, 4) is 0 Å². The van der Waals surface area contributed by atoms with Gasteiger partial charge < -0.3 is 10.2 Å². The highest BCUT2D eigenvalue weighted by Crippen LogP contribution is 2.21. The Kier molecular flexibility index (Phi) is 7.70. The van der Waals surface area contributed by atoms with Crippen LogP contribution < -0.4 is 5.32 Å². The van der Waals surface area contributed by atoms with E-state index in [9.17, 15) is 13.2 Å². The number of halogens is 4. The molecule has 0 aliphatic heterocycles. The summed E-state index contributed by atoms with van der Waals surface area (Å²) < 4.78 is 37.6. The molecule has 0 aromatic heterocycles. The lowest BCUT2D eigenvalue weighted by Crippen LogP contribution is -2.29. The van der Waals surface area contributed by atoms with Crippen LogP contribution >= 0.6 is 15.9 Å². The molecule has 21 heavy (non-hydrogen) atoms. The first kappa shape index (κ1) is 18.5. The average Bonchev–Trinajstić information content (AvgIpc) is 2.41. The van der Waals surface area contributed by atoms with E-state index in [2.05, 4.69) is 21.2 Å². The topological polar surface area (TPSA) is 15.3 Å². The van der Waals surface area contributed by atoms with Gasteiger partial charge in [0.1, 0.15) is 0 Å². The van der Waals surface area contributed by atoms with Crippen molar-refractivity contribution in [1.29, 1.82) is 0 Å². The third-order valence-corrected chi connectivity index (χ3v) is 3.83. The normalized spacial score (nSPS) is 13.7. The highest BCUT2D eigenvalue weighted by Gasteiger charge is 2.27. The minimum absolute atomic E-state index is 0.0443. The molecule has 1 unspecified atom stereocenters. The summed E-state index contributed by atoms with van der Waals surface area (Å²) in [6, 6.07) is 8.19. The second-order valence-electron chi connectivity index (χ2n) is 5.12. The first-order valence-corrected chi connectivity index (χ1v) is 7.85. The molecule has 120 valence electrons. The molecule has 1 rings (SSSR count). The van der Waals surface area contributed by atoms with Crippen LogP contribution in [0.25, 0.3) is 0 Å². The van der Waals surface area contributed by atoms with Crippen LogP contribution in [0.2, 0.25) is 0 Å². The van der Waals surface area contributed by atoms with E-state index in [-0.39, 0.29) is 12.6 Å². The Balaban J connectivity index is 2.49. The molecule has 0 aliphatic rings. The quantitative estimate of drug-likeness (QED) is 0.734. The van der Waals surface area contributed by atoms with Crippen molar-refractivity contribution in [2.45, 2.75) is 32.0 Å². The van der Waals surface area contributed by atoms with Gasteiger partial charge in [0.2, 0.25) is 0 Å². The van der Waals surface area contributed by atoms with E-state index in [0.717, 1.165) is 23.0 Å². The van der Waals surface area contributed by atoms with Crippen LogP contribution in [0.4, 0.5) is 13.2 Å². The number of hydrogen-bond acceptors (Lipinski definition) is 2. The summed E-state index contributed by atoms with van der Waals surface area (Å²) in [7, 11) is 1.73. The number of alkyl halides is 3. The number of hydrogen-bond donors (Lipinski definition) is 1. The van der Waals surface area contributed by atoms with Crippen molar-refractivity contribution in [3.05, 3.63) is 34.3 Å². The lowest BCUT2D eigenvalue weighted by Gasteiger charge is -2.23. The maximum Gasteiger partial charge on any atom is 0.390 e. The van der Waals surface area contributed by atoms with E-state index < -0.39 is 12.6 Å². The Bertz CT molecular complexity index is 406. The zero-order chi connectivity index (χ0) is 15.9. The standard InChI is InChI=1S/C15H22BrF3N2/c1-3-20-14(12-4-6-13(16)7-5-12)8-10-21(2)11-9-15(17,18)19/h4-7,14,20H,3,8-11H2,1-2H3. The molecular weight excluding hydrogens is 345 g/mol. The third-order valence-electron chi connectivity index (χ3n) is 3.30. The molecule has 0 saturated carbocycles. The molecule has 6 heteroatoms. The lowest BCUT2D eigenvalue weighted by atomic mass is 10.0. The Morgan fingerprint density at radius 1 is 1.19 bits per heavy atom. The van der Waals surface area contributed by atoms with Crippen molar-refractivity contribution < 1.29 is 13.2 Å². The van der Waals surface area contributed by atoms with Gasteiger partial charge in [0.15, 0.2) is 0 Å². The fraction of sp³-hybridized carbons (Fsp3) is 0.600. The fourth-order valence-electron chi connectivity index (χ4n) is 2.11. The summed E-state index contributed by atoms with van der Waals surface area (Å²) >= 11 is 3.40. The minimum atomic E-state index is -4.08. The van der Waals surface area contributed by atoms with Crippen molar-refractivity contribution in [2.75, 3.05) is 26.7 Å². The number of nitrogens with zero attached hydrogens (tertiary/aromatic N) is 1. The molecule has 0 fully saturated rings. The molecule has 0 bridgehead atoms. The van der Waals surface area contributed by atoms with Gasteiger partial charge in [0.25, 0.3) is 0 Å². The van der Waals surface area contributed by atoms with Gasteiger partial charge in [-0.15, -0.1) is 0 Å². The molecule has 0 spiro atoms. The Morgan fingerprint density at radius 3 is 2.33 bits per heavy atom. The van der Waals surface area contributed by atoms with Gasteiger partial charge in [-0.05, 0) is 44.3 Å². The smallest absolute Gasteiger partial charge is 0.310 e. The van der Waals surface area contributed by atoms with Gasteiger partial charge >= 0.3 is 6.18 Å². The van der Waals surface area contributed by atoms with Crippen LogP contribution in [0.15, 0.2) is 28.7 Å². The summed E-state index contributed by atoms with van der Waals surface area (Å²) in [6.45, 7) is 3.53. The molecule has 1 atom stereocenters. The molecule has 1 aromatic carbocycles. The summed E-state index contributed by atoms with van der Waals surface area (Å²) in [5.41, 5.74) is 1.16. The Labute approximate surface area is 132 Å². The van der Waals surface area contributed by atoms with E-state index in [1.54, 1.807) is 11.9 Å². The highest BCUT2D eigenvalue weighted by atomic mass is 79.9. The van der Waals surface area contributed by atoms with Gasteiger partial charge in [-0.2, -0.15) is 13.2 Å². The van der Waals surface area contributed by atoms with Gasteiger partial charge in [0.05, 0.1) is 6.42 Å². The van der Waals surface area contributed by atoms with Gasteiger partial charge in [-0.1, -0.05) is 35.0 Å². The zero-order valence-corrected chi connectivity index (χ0v) is 14.0. The first-order valence-electron chi connectivity index (χ1n) is 7.06. The zero-order valence-electron chi connectivity index (χ0n) is 12.4. The van der Waals surface area contributed by atoms with Crippen molar-refractivity contribution in [1.82, 2.24) is 10.2 Å². The Hall–Kier alpha value is -0.590. The molecule has 0 amide bonds. The van der Waals surface area contributed by atoms with E-state index in [4.69, 9.17) is 0 Å². The number of benzene rings is 1. The van der Waals surface area contributed by atoms with Crippen LogP contribution in [-0.4, -0.2) is 37.8 Å². The minimum Gasteiger partial charge on any atom is -0.310 e.